The van der Waals surface area contributed by atoms with E-state index in [0.29, 0.717) is 13.1 Å². The number of nitrogens with zero attached hydrogens (tertiary/aromatic N) is 2. The Balaban J connectivity index is 0.00000338. The van der Waals surface area contributed by atoms with Crippen LogP contribution in [0.15, 0.2) is 23.2 Å². The molecule has 148 valence electrons. The molecule has 26 heavy (non-hydrogen) atoms. The maximum Gasteiger partial charge on any atom is 0.191 e. The number of unbranched alkanes of at least 4 members (excludes halogenated alkanes) is 1. The van der Waals surface area contributed by atoms with Crippen LogP contribution in [0.1, 0.15) is 26.2 Å². The van der Waals surface area contributed by atoms with E-state index in [1.165, 1.54) is 18.2 Å². The van der Waals surface area contributed by atoms with Gasteiger partial charge in [0, 0.05) is 32.2 Å². The van der Waals surface area contributed by atoms with Crippen molar-refractivity contribution in [3.63, 3.8) is 0 Å². The van der Waals surface area contributed by atoms with Crippen molar-refractivity contribution in [2.45, 2.75) is 32.2 Å². The third kappa shape index (κ3) is 7.09. The molecule has 1 aromatic carbocycles. The van der Waals surface area contributed by atoms with Gasteiger partial charge in [0.15, 0.2) is 5.96 Å². The fraction of sp³-hybridized carbons (Fsp3) is 0.611. The van der Waals surface area contributed by atoms with Gasteiger partial charge in [-0.05, 0) is 50.3 Å². The van der Waals surface area contributed by atoms with E-state index in [1.807, 2.05) is 18.7 Å². The maximum absolute atomic E-state index is 13.9. The Hall–Kier alpha value is -0.770. The molecule has 1 unspecified atom stereocenters. The average molecular weight is 498 g/mol. The highest BCUT2D eigenvalue weighted by molar-refractivity contribution is 14.0. The topological polar surface area (TPSA) is 39.7 Å². The zero-order valence-electron chi connectivity index (χ0n) is 15.4. The van der Waals surface area contributed by atoms with Gasteiger partial charge in [0.2, 0.25) is 0 Å². The number of nitrogens with one attached hydrogen (secondary N) is 2. The Kier molecular flexibility index (Phi) is 11.3. The SMILES string of the molecule is CCNC(=NCCCCSC)NC1CCN(c2c(F)cccc2F)C1.I. The van der Waals surface area contributed by atoms with Crippen molar-refractivity contribution in [2.75, 3.05) is 43.1 Å². The summed E-state index contributed by atoms with van der Waals surface area (Å²) in [6, 6.07) is 4.13. The number of halogens is 3. The third-order valence-corrected chi connectivity index (χ3v) is 4.85. The Morgan fingerprint density at radius 3 is 2.69 bits per heavy atom. The standard InChI is InChI=1S/C18H28F2N4S.HI/c1-3-21-18(22-10-4-5-12-25-2)23-14-9-11-24(13-14)17-15(19)7-6-8-16(17)20;/h6-8,14H,3-5,9-13H2,1-2H3,(H2,21,22,23);1H. The summed E-state index contributed by atoms with van der Waals surface area (Å²) < 4.78 is 27.9. The fourth-order valence-corrected chi connectivity index (χ4v) is 3.43. The zero-order valence-corrected chi connectivity index (χ0v) is 18.6. The number of aliphatic imine (C=N–C) groups is 1. The van der Waals surface area contributed by atoms with Crippen molar-refractivity contribution in [3.05, 3.63) is 29.8 Å². The number of para-hydroxylation sites is 1. The van der Waals surface area contributed by atoms with E-state index >= 15 is 0 Å². The van der Waals surface area contributed by atoms with Crippen LogP contribution in [0, 0.1) is 11.6 Å². The van der Waals surface area contributed by atoms with Crippen LogP contribution < -0.4 is 15.5 Å². The molecule has 1 atom stereocenters. The van der Waals surface area contributed by atoms with Gasteiger partial charge in [-0.25, -0.2) is 8.78 Å². The Bertz CT molecular complexity index is 554. The molecule has 1 saturated heterocycles. The van der Waals surface area contributed by atoms with Crippen LogP contribution in [0.4, 0.5) is 14.5 Å². The van der Waals surface area contributed by atoms with E-state index in [4.69, 9.17) is 0 Å². The smallest absolute Gasteiger partial charge is 0.191 e. The normalized spacial score (nSPS) is 17.2. The first-order valence-electron chi connectivity index (χ1n) is 8.88. The van der Waals surface area contributed by atoms with Gasteiger partial charge in [-0.1, -0.05) is 6.07 Å². The highest BCUT2D eigenvalue weighted by Crippen LogP contribution is 2.26. The Labute approximate surface area is 176 Å². The minimum atomic E-state index is -0.505. The molecule has 0 spiro atoms. The Morgan fingerprint density at radius 1 is 1.31 bits per heavy atom. The van der Waals surface area contributed by atoms with Crippen LogP contribution >= 0.6 is 35.7 Å². The highest BCUT2D eigenvalue weighted by Gasteiger charge is 2.27. The molecule has 0 radical (unpaired) electrons. The second-order valence-corrected chi connectivity index (χ2v) is 7.09. The predicted molar refractivity (Wildman–Crippen MR) is 119 cm³/mol. The van der Waals surface area contributed by atoms with Gasteiger partial charge < -0.3 is 15.5 Å². The highest BCUT2D eigenvalue weighted by atomic mass is 127. The van der Waals surface area contributed by atoms with Crippen molar-refractivity contribution >= 4 is 47.4 Å². The van der Waals surface area contributed by atoms with Crippen molar-refractivity contribution in [1.82, 2.24) is 10.6 Å². The second kappa shape index (κ2) is 12.6. The van der Waals surface area contributed by atoms with Crippen molar-refractivity contribution in [3.8, 4) is 0 Å². The Morgan fingerprint density at radius 2 is 2.04 bits per heavy atom. The molecule has 8 heteroatoms. The zero-order chi connectivity index (χ0) is 18.1. The molecule has 1 aliphatic heterocycles. The van der Waals surface area contributed by atoms with Gasteiger partial charge in [-0.2, -0.15) is 11.8 Å². The van der Waals surface area contributed by atoms with E-state index in [1.54, 1.807) is 4.90 Å². The van der Waals surface area contributed by atoms with Crippen LogP contribution in [0.3, 0.4) is 0 Å². The summed E-state index contributed by atoms with van der Waals surface area (Å²) in [5.41, 5.74) is 0.0748. The lowest BCUT2D eigenvalue weighted by Crippen LogP contribution is -2.44. The predicted octanol–water partition coefficient (Wildman–Crippen LogP) is 3.86. The van der Waals surface area contributed by atoms with Gasteiger partial charge in [0.1, 0.15) is 17.3 Å². The van der Waals surface area contributed by atoms with Crippen LogP contribution in [0.2, 0.25) is 0 Å². The first-order chi connectivity index (χ1) is 12.2. The van der Waals surface area contributed by atoms with E-state index < -0.39 is 11.6 Å². The molecule has 1 heterocycles. The van der Waals surface area contributed by atoms with Crippen LogP contribution in [0.25, 0.3) is 0 Å². The molecule has 2 rings (SSSR count). The van der Waals surface area contributed by atoms with Gasteiger partial charge in [-0.3, -0.25) is 4.99 Å². The summed E-state index contributed by atoms with van der Waals surface area (Å²) in [5, 5.41) is 6.64. The monoisotopic (exact) mass is 498 g/mol. The van der Waals surface area contributed by atoms with Gasteiger partial charge >= 0.3 is 0 Å². The summed E-state index contributed by atoms with van der Waals surface area (Å²) in [5.74, 6) is 0.934. The summed E-state index contributed by atoms with van der Waals surface area (Å²) in [4.78, 5) is 6.37. The average Bonchev–Trinajstić information content (AvgIpc) is 3.02. The summed E-state index contributed by atoms with van der Waals surface area (Å²) >= 11 is 1.85. The second-order valence-electron chi connectivity index (χ2n) is 6.11. The van der Waals surface area contributed by atoms with Crippen LogP contribution in [-0.2, 0) is 0 Å². The number of guanidine groups is 1. The minimum Gasteiger partial charge on any atom is -0.365 e. The molecule has 4 nitrogen and oxygen atoms in total. The van der Waals surface area contributed by atoms with Crippen molar-refractivity contribution < 1.29 is 8.78 Å². The fourth-order valence-electron chi connectivity index (χ4n) is 2.93. The summed E-state index contributed by atoms with van der Waals surface area (Å²) in [6.45, 7) is 4.79. The van der Waals surface area contributed by atoms with E-state index in [2.05, 4.69) is 21.9 Å². The molecular formula is C18H29F2IN4S. The number of hydrogen-bond donors (Lipinski definition) is 2. The molecule has 1 aliphatic rings. The number of thioether (sulfide) groups is 1. The number of benzene rings is 1. The maximum atomic E-state index is 13.9. The quantitative estimate of drug-likeness (QED) is 0.247. The molecule has 0 aromatic heterocycles. The number of anilines is 1. The van der Waals surface area contributed by atoms with Crippen molar-refractivity contribution in [1.29, 1.82) is 0 Å². The van der Waals surface area contributed by atoms with Crippen molar-refractivity contribution in [2.24, 2.45) is 4.99 Å². The minimum absolute atomic E-state index is 0. The van der Waals surface area contributed by atoms with Crippen LogP contribution in [0.5, 0.6) is 0 Å². The lowest BCUT2D eigenvalue weighted by molar-refractivity contribution is 0.576. The van der Waals surface area contributed by atoms with E-state index in [-0.39, 0.29) is 35.7 Å². The molecule has 1 aromatic rings. The van der Waals surface area contributed by atoms with Crippen LogP contribution in [-0.4, -0.2) is 50.2 Å². The van der Waals surface area contributed by atoms with Gasteiger partial charge in [0.25, 0.3) is 0 Å². The van der Waals surface area contributed by atoms with Gasteiger partial charge in [-0.15, -0.1) is 24.0 Å². The molecule has 2 N–H and O–H groups in total. The molecular weight excluding hydrogens is 469 g/mol. The number of hydrogen-bond acceptors (Lipinski definition) is 3. The molecule has 0 saturated carbocycles. The third-order valence-electron chi connectivity index (χ3n) is 4.15. The largest absolute Gasteiger partial charge is 0.365 e. The molecule has 0 bridgehead atoms. The lowest BCUT2D eigenvalue weighted by Gasteiger charge is -2.21. The number of rotatable bonds is 8. The molecule has 0 amide bonds. The summed E-state index contributed by atoms with van der Waals surface area (Å²) in [7, 11) is 0. The van der Waals surface area contributed by atoms with E-state index in [9.17, 15) is 8.78 Å². The first-order valence-corrected chi connectivity index (χ1v) is 10.3. The summed E-state index contributed by atoms with van der Waals surface area (Å²) in [6.07, 6.45) is 5.16. The molecule has 1 fully saturated rings. The lowest BCUT2D eigenvalue weighted by atomic mass is 10.2. The first kappa shape index (κ1) is 23.3. The molecule has 0 aliphatic carbocycles. The van der Waals surface area contributed by atoms with Gasteiger partial charge in [0.05, 0.1) is 0 Å². The van der Waals surface area contributed by atoms with E-state index in [0.717, 1.165) is 44.1 Å².